The number of aromatic nitrogens is 2. The lowest BCUT2D eigenvalue weighted by atomic mass is 10.1. The first-order valence-electron chi connectivity index (χ1n) is 8.94. The first-order chi connectivity index (χ1) is 13.7. The number of para-hydroxylation sites is 1. The van der Waals surface area contributed by atoms with Crippen LogP contribution < -0.4 is 15.8 Å². The number of nitrogen functional groups attached to an aromatic ring is 1. The summed E-state index contributed by atoms with van der Waals surface area (Å²) in [5.74, 6) is 1.79. The van der Waals surface area contributed by atoms with E-state index in [0.29, 0.717) is 18.0 Å². The highest BCUT2D eigenvalue weighted by Gasteiger charge is 2.07. The molecular formula is C22H19FN4O. The highest BCUT2D eigenvalue weighted by Crippen LogP contribution is 2.26. The van der Waals surface area contributed by atoms with Crippen molar-refractivity contribution in [2.75, 3.05) is 17.6 Å². The van der Waals surface area contributed by atoms with Crippen molar-refractivity contribution in [3.05, 3.63) is 84.4 Å². The van der Waals surface area contributed by atoms with E-state index in [1.807, 2.05) is 42.5 Å². The second-order valence-corrected chi connectivity index (χ2v) is 6.34. The van der Waals surface area contributed by atoms with Crippen LogP contribution in [0, 0.1) is 5.82 Å². The summed E-state index contributed by atoms with van der Waals surface area (Å²) in [7, 11) is 0. The Morgan fingerprint density at radius 2 is 1.79 bits per heavy atom. The van der Waals surface area contributed by atoms with Gasteiger partial charge in [-0.05, 0) is 60.5 Å². The monoisotopic (exact) mass is 374 g/mol. The molecule has 0 unspecified atom stereocenters. The van der Waals surface area contributed by atoms with Crippen molar-refractivity contribution in [1.82, 2.24) is 9.97 Å². The Labute approximate surface area is 162 Å². The summed E-state index contributed by atoms with van der Waals surface area (Å²) in [6, 6.07) is 19.3. The van der Waals surface area contributed by atoms with Crippen molar-refractivity contribution in [3.8, 4) is 11.5 Å². The molecule has 1 aromatic heterocycles. The number of hydrogen-bond donors (Lipinski definition) is 2. The number of ether oxygens (including phenoxy) is 1. The van der Waals surface area contributed by atoms with Gasteiger partial charge in [0.25, 0.3) is 0 Å². The molecule has 28 heavy (non-hydrogen) atoms. The summed E-state index contributed by atoms with van der Waals surface area (Å²) in [5, 5.41) is 4.24. The highest BCUT2D eigenvalue weighted by atomic mass is 19.1. The topological polar surface area (TPSA) is 73.1 Å². The van der Waals surface area contributed by atoms with Gasteiger partial charge in [0.15, 0.2) is 0 Å². The van der Waals surface area contributed by atoms with Gasteiger partial charge in [-0.2, -0.15) is 0 Å². The minimum atomic E-state index is -0.289. The molecule has 0 atom stereocenters. The summed E-state index contributed by atoms with van der Waals surface area (Å²) in [6.45, 7) is 0.657. The van der Waals surface area contributed by atoms with E-state index >= 15 is 0 Å². The molecular weight excluding hydrogens is 355 g/mol. The number of nitrogens with zero attached hydrogens (tertiary/aromatic N) is 2. The lowest BCUT2D eigenvalue weighted by molar-refractivity contribution is 0.474. The smallest absolute Gasteiger partial charge is 0.137 e. The predicted octanol–water partition coefficient (Wildman–Crippen LogP) is 4.80. The molecule has 0 aliphatic rings. The summed E-state index contributed by atoms with van der Waals surface area (Å²) >= 11 is 0. The van der Waals surface area contributed by atoms with Crippen LogP contribution in [0.15, 0.2) is 73.1 Å². The van der Waals surface area contributed by atoms with E-state index in [9.17, 15) is 4.39 Å². The van der Waals surface area contributed by atoms with E-state index in [-0.39, 0.29) is 5.82 Å². The SMILES string of the molecule is Nc1ccc2ncnc(NCCc3ccccc3Oc3ccc(F)cc3)c2c1. The molecule has 0 spiro atoms. The van der Waals surface area contributed by atoms with Gasteiger partial charge in [-0.3, -0.25) is 0 Å². The van der Waals surface area contributed by atoms with Crippen LogP contribution in [0.4, 0.5) is 15.9 Å². The molecule has 5 nitrogen and oxygen atoms in total. The van der Waals surface area contributed by atoms with E-state index in [4.69, 9.17) is 10.5 Å². The minimum absolute atomic E-state index is 0.289. The zero-order chi connectivity index (χ0) is 19.3. The van der Waals surface area contributed by atoms with E-state index in [2.05, 4.69) is 15.3 Å². The Morgan fingerprint density at radius 1 is 0.964 bits per heavy atom. The fourth-order valence-electron chi connectivity index (χ4n) is 2.97. The van der Waals surface area contributed by atoms with Gasteiger partial charge in [0.1, 0.15) is 29.5 Å². The third kappa shape index (κ3) is 4.01. The first-order valence-corrected chi connectivity index (χ1v) is 8.94. The summed E-state index contributed by atoms with van der Waals surface area (Å²) in [4.78, 5) is 8.60. The molecule has 3 N–H and O–H groups in total. The summed E-state index contributed by atoms with van der Waals surface area (Å²) in [6.07, 6.45) is 2.26. The molecule has 1 heterocycles. The van der Waals surface area contributed by atoms with Crippen LogP contribution in [0.1, 0.15) is 5.56 Å². The number of nitrogens with two attached hydrogens (primary N) is 1. The maximum Gasteiger partial charge on any atom is 0.137 e. The normalized spacial score (nSPS) is 10.8. The predicted molar refractivity (Wildman–Crippen MR) is 109 cm³/mol. The Balaban J connectivity index is 1.47. The van der Waals surface area contributed by atoms with E-state index in [0.717, 1.165) is 34.5 Å². The van der Waals surface area contributed by atoms with Gasteiger partial charge in [0.2, 0.25) is 0 Å². The zero-order valence-corrected chi connectivity index (χ0v) is 15.1. The molecule has 0 fully saturated rings. The molecule has 0 amide bonds. The number of benzene rings is 3. The fourth-order valence-corrected chi connectivity index (χ4v) is 2.97. The molecule has 4 rings (SSSR count). The lowest BCUT2D eigenvalue weighted by Crippen LogP contribution is -2.08. The first kappa shape index (κ1) is 17.7. The van der Waals surface area contributed by atoms with Gasteiger partial charge in [-0.1, -0.05) is 18.2 Å². The Kier molecular flexibility index (Phi) is 5.01. The second-order valence-electron chi connectivity index (χ2n) is 6.34. The Hall–Kier alpha value is -3.67. The lowest BCUT2D eigenvalue weighted by Gasteiger charge is -2.12. The fraction of sp³-hybridized carbons (Fsp3) is 0.0909. The molecule has 140 valence electrons. The summed E-state index contributed by atoms with van der Waals surface area (Å²) in [5.41, 5.74) is 8.44. The standard InChI is InChI=1S/C22H19FN4O/c23-16-5-8-18(9-6-16)28-21-4-2-1-3-15(21)11-12-25-22-19-13-17(24)7-10-20(19)26-14-27-22/h1-10,13-14H,11-12,24H2,(H,25,26,27). The molecule has 0 aliphatic heterocycles. The number of halogens is 1. The van der Waals surface area contributed by atoms with Gasteiger partial charge < -0.3 is 15.8 Å². The van der Waals surface area contributed by atoms with E-state index in [1.165, 1.54) is 18.5 Å². The molecule has 0 aliphatic carbocycles. The average Bonchev–Trinajstić information content (AvgIpc) is 2.71. The van der Waals surface area contributed by atoms with E-state index in [1.54, 1.807) is 12.1 Å². The van der Waals surface area contributed by atoms with Crippen LogP contribution in [0.5, 0.6) is 11.5 Å². The third-order valence-electron chi connectivity index (χ3n) is 4.36. The Bertz CT molecular complexity index is 1100. The maximum atomic E-state index is 13.1. The van der Waals surface area contributed by atoms with E-state index < -0.39 is 0 Å². The van der Waals surface area contributed by atoms with Gasteiger partial charge in [-0.25, -0.2) is 14.4 Å². The quantitative estimate of drug-likeness (QED) is 0.474. The molecule has 6 heteroatoms. The zero-order valence-electron chi connectivity index (χ0n) is 15.1. The second kappa shape index (κ2) is 7.92. The summed E-state index contributed by atoms with van der Waals surface area (Å²) < 4.78 is 19.0. The van der Waals surface area contributed by atoms with Gasteiger partial charge in [0, 0.05) is 17.6 Å². The molecule has 0 saturated heterocycles. The van der Waals surface area contributed by atoms with Crippen molar-refractivity contribution in [2.45, 2.75) is 6.42 Å². The number of rotatable bonds is 6. The molecule has 0 saturated carbocycles. The number of hydrogen-bond acceptors (Lipinski definition) is 5. The molecule has 0 radical (unpaired) electrons. The van der Waals surface area contributed by atoms with Crippen LogP contribution in [0.3, 0.4) is 0 Å². The third-order valence-corrected chi connectivity index (χ3v) is 4.36. The van der Waals surface area contributed by atoms with Crippen molar-refractivity contribution in [3.63, 3.8) is 0 Å². The number of anilines is 2. The van der Waals surface area contributed by atoms with Crippen LogP contribution in [-0.4, -0.2) is 16.5 Å². The maximum absolute atomic E-state index is 13.1. The minimum Gasteiger partial charge on any atom is -0.457 e. The highest BCUT2D eigenvalue weighted by molar-refractivity contribution is 5.91. The Morgan fingerprint density at radius 3 is 2.64 bits per heavy atom. The largest absolute Gasteiger partial charge is 0.457 e. The van der Waals surface area contributed by atoms with Gasteiger partial charge in [0.05, 0.1) is 5.52 Å². The number of nitrogens with one attached hydrogen (secondary N) is 1. The molecule has 0 bridgehead atoms. The van der Waals surface area contributed by atoms with Crippen LogP contribution in [0.2, 0.25) is 0 Å². The van der Waals surface area contributed by atoms with Crippen molar-refractivity contribution in [1.29, 1.82) is 0 Å². The van der Waals surface area contributed by atoms with Crippen LogP contribution in [-0.2, 0) is 6.42 Å². The van der Waals surface area contributed by atoms with Crippen LogP contribution in [0.25, 0.3) is 10.9 Å². The van der Waals surface area contributed by atoms with Crippen molar-refractivity contribution < 1.29 is 9.13 Å². The van der Waals surface area contributed by atoms with Gasteiger partial charge >= 0.3 is 0 Å². The van der Waals surface area contributed by atoms with Crippen LogP contribution >= 0.6 is 0 Å². The average molecular weight is 374 g/mol. The van der Waals surface area contributed by atoms with Crippen molar-refractivity contribution >= 4 is 22.4 Å². The number of fused-ring (bicyclic) bond motifs is 1. The molecule has 4 aromatic rings. The molecule has 3 aromatic carbocycles. The van der Waals surface area contributed by atoms with Crippen molar-refractivity contribution in [2.24, 2.45) is 0 Å². The van der Waals surface area contributed by atoms with Gasteiger partial charge in [-0.15, -0.1) is 0 Å².